The van der Waals surface area contributed by atoms with Crippen molar-refractivity contribution in [2.75, 3.05) is 0 Å². The van der Waals surface area contributed by atoms with Gasteiger partial charge in [-0.1, -0.05) is 91.0 Å². The number of aldehydes is 1. The second-order valence-corrected chi connectivity index (χ2v) is 7.25. The summed E-state index contributed by atoms with van der Waals surface area (Å²) in [6.45, 7) is 7.36. The SMILES string of the molecule is C=C.O=CCCC(=O)[C@H](Cc1ccccc1)N(Cc1ccccc1)Cc1ccccc1. The highest BCUT2D eigenvalue weighted by molar-refractivity contribution is 5.85. The Bertz CT molecular complexity index is 853. The van der Waals surface area contributed by atoms with E-state index in [2.05, 4.69) is 54.5 Å². The lowest BCUT2D eigenvalue weighted by molar-refractivity contribution is -0.126. The molecular formula is C28H31NO2. The van der Waals surface area contributed by atoms with E-state index in [1.807, 2.05) is 54.6 Å². The normalized spacial score (nSPS) is 11.3. The van der Waals surface area contributed by atoms with Crippen molar-refractivity contribution in [2.24, 2.45) is 0 Å². The highest BCUT2D eigenvalue weighted by Gasteiger charge is 2.26. The quantitative estimate of drug-likeness (QED) is 0.301. The van der Waals surface area contributed by atoms with Gasteiger partial charge in [0, 0.05) is 25.9 Å². The Kier molecular flexibility index (Phi) is 10.7. The van der Waals surface area contributed by atoms with Gasteiger partial charge in [0.2, 0.25) is 0 Å². The summed E-state index contributed by atoms with van der Waals surface area (Å²) in [6.07, 6.45) is 2.02. The predicted octanol–water partition coefficient (Wildman–Crippen LogP) is 5.65. The molecule has 0 heterocycles. The van der Waals surface area contributed by atoms with E-state index in [1.54, 1.807) is 0 Å². The largest absolute Gasteiger partial charge is 0.303 e. The van der Waals surface area contributed by atoms with Crippen molar-refractivity contribution in [1.82, 2.24) is 4.90 Å². The molecule has 0 spiro atoms. The van der Waals surface area contributed by atoms with Crippen LogP contribution < -0.4 is 0 Å². The fourth-order valence-electron chi connectivity index (χ4n) is 3.56. The number of Topliss-reactive ketones (excluding diaryl/α,β-unsaturated/α-hetero) is 1. The smallest absolute Gasteiger partial charge is 0.150 e. The van der Waals surface area contributed by atoms with E-state index in [4.69, 9.17) is 0 Å². The van der Waals surface area contributed by atoms with Crippen molar-refractivity contribution in [3.63, 3.8) is 0 Å². The van der Waals surface area contributed by atoms with Crippen LogP contribution in [-0.4, -0.2) is 23.0 Å². The van der Waals surface area contributed by atoms with Gasteiger partial charge in [-0.3, -0.25) is 9.69 Å². The first-order chi connectivity index (χ1) is 15.3. The Morgan fingerprint density at radius 2 is 1.16 bits per heavy atom. The molecule has 0 fully saturated rings. The average molecular weight is 414 g/mol. The van der Waals surface area contributed by atoms with Crippen LogP contribution in [-0.2, 0) is 29.1 Å². The molecule has 3 aromatic rings. The van der Waals surface area contributed by atoms with Crippen LogP contribution in [0.4, 0.5) is 0 Å². The Labute approximate surface area is 186 Å². The standard InChI is InChI=1S/C26H27NO2.C2H4/c28-18-10-17-26(29)25(19-22-11-4-1-5-12-22)27(20-23-13-6-2-7-14-23)21-24-15-8-3-9-16-24;1-2/h1-9,11-16,18,25H,10,17,19-21H2;1-2H2/t25-;/m0./s1. The Morgan fingerprint density at radius 3 is 1.58 bits per heavy atom. The van der Waals surface area contributed by atoms with Crippen molar-refractivity contribution in [2.45, 2.75) is 38.4 Å². The summed E-state index contributed by atoms with van der Waals surface area (Å²) >= 11 is 0. The lowest BCUT2D eigenvalue weighted by atomic mass is 9.97. The van der Waals surface area contributed by atoms with E-state index >= 15 is 0 Å². The number of rotatable bonds is 11. The van der Waals surface area contributed by atoms with Gasteiger partial charge in [-0.2, -0.15) is 0 Å². The molecule has 3 rings (SSSR count). The minimum atomic E-state index is -0.280. The van der Waals surface area contributed by atoms with E-state index in [0.717, 1.165) is 11.8 Å². The molecular weight excluding hydrogens is 382 g/mol. The highest BCUT2D eigenvalue weighted by Crippen LogP contribution is 2.19. The fraction of sp³-hybridized carbons (Fsp3) is 0.214. The Morgan fingerprint density at radius 1 is 0.742 bits per heavy atom. The van der Waals surface area contributed by atoms with E-state index in [0.29, 0.717) is 19.5 Å². The predicted molar refractivity (Wildman–Crippen MR) is 128 cm³/mol. The van der Waals surface area contributed by atoms with Gasteiger partial charge < -0.3 is 4.79 Å². The fourth-order valence-corrected chi connectivity index (χ4v) is 3.56. The van der Waals surface area contributed by atoms with Crippen LogP contribution >= 0.6 is 0 Å². The van der Waals surface area contributed by atoms with Crippen LogP contribution in [0.1, 0.15) is 29.5 Å². The number of hydrogen-bond donors (Lipinski definition) is 0. The minimum Gasteiger partial charge on any atom is -0.303 e. The molecule has 3 nitrogen and oxygen atoms in total. The van der Waals surface area contributed by atoms with Gasteiger partial charge >= 0.3 is 0 Å². The van der Waals surface area contributed by atoms with Crippen molar-refractivity contribution in [3.05, 3.63) is 121 Å². The number of nitrogens with zero attached hydrogens (tertiary/aromatic N) is 1. The molecule has 0 amide bonds. The first-order valence-electron chi connectivity index (χ1n) is 10.6. The van der Waals surface area contributed by atoms with Crippen LogP contribution in [0.25, 0.3) is 0 Å². The third kappa shape index (κ3) is 8.15. The van der Waals surface area contributed by atoms with Crippen LogP contribution in [0.3, 0.4) is 0 Å². The van der Waals surface area contributed by atoms with Gasteiger partial charge in [0.1, 0.15) is 6.29 Å². The molecule has 0 aliphatic carbocycles. The molecule has 160 valence electrons. The Hall–Kier alpha value is -3.30. The summed E-state index contributed by atoms with van der Waals surface area (Å²) < 4.78 is 0. The Balaban J connectivity index is 0.00000166. The maximum Gasteiger partial charge on any atom is 0.150 e. The summed E-state index contributed by atoms with van der Waals surface area (Å²) in [7, 11) is 0. The van der Waals surface area contributed by atoms with Crippen molar-refractivity contribution < 1.29 is 9.59 Å². The van der Waals surface area contributed by atoms with Gasteiger partial charge in [0.15, 0.2) is 5.78 Å². The summed E-state index contributed by atoms with van der Waals surface area (Å²) in [4.78, 5) is 26.2. The summed E-state index contributed by atoms with van der Waals surface area (Å²) in [6, 6.07) is 30.3. The maximum atomic E-state index is 13.1. The zero-order chi connectivity index (χ0) is 22.3. The first kappa shape index (κ1) is 24.0. The van der Waals surface area contributed by atoms with E-state index in [-0.39, 0.29) is 24.7 Å². The lowest BCUT2D eigenvalue weighted by Crippen LogP contribution is -2.42. The summed E-state index contributed by atoms with van der Waals surface area (Å²) in [5, 5.41) is 0. The van der Waals surface area contributed by atoms with E-state index < -0.39 is 0 Å². The summed E-state index contributed by atoms with van der Waals surface area (Å²) in [5.41, 5.74) is 3.47. The van der Waals surface area contributed by atoms with Gasteiger partial charge in [-0.15, -0.1) is 13.2 Å². The highest BCUT2D eigenvalue weighted by atomic mass is 16.1. The maximum absolute atomic E-state index is 13.1. The number of benzene rings is 3. The third-order valence-electron chi connectivity index (χ3n) is 5.05. The lowest BCUT2D eigenvalue weighted by Gasteiger charge is -2.31. The molecule has 1 atom stereocenters. The van der Waals surface area contributed by atoms with Gasteiger partial charge in [-0.05, 0) is 23.1 Å². The molecule has 0 aliphatic heterocycles. The van der Waals surface area contributed by atoms with Crippen LogP contribution in [0.15, 0.2) is 104 Å². The van der Waals surface area contributed by atoms with Gasteiger partial charge in [-0.25, -0.2) is 0 Å². The van der Waals surface area contributed by atoms with Crippen molar-refractivity contribution >= 4 is 12.1 Å². The molecule has 0 saturated heterocycles. The molecule has 0 bridgehead atoms. The molecule has 0 aliphatic rings. The molecule has 0 N–H and O–H groups in total. The number of ketones is 1. The van der Waals surface area contributed by atoms with Gasteiger partial charge in [0.25, 0.3) is 0 Å². The zero-order valence-electron chi connectivity index (χ0n) is 18.0. The van der Waals surface area contributed by atoms with Crippen LogP contribution in [0, 0.1) is 0 Å². The average Bonchev–Trinajstić information content (AvgIpc) is 2.84. The molecule has 0 radical (unpaired) electrons. The first-order valence-corrected chi connectivity index (χ1v) is 10.6. The van der Waals surface area contributed by atoms with Crippen LogP contribution in [0.5, 0.6) is 0 Å². The molecule has 0 saturated carbocycles. The zero-order valence-corrected chi connectivity index (χ0v) is 18.0. The third-order valence-corrected chi connectivity index (χ3v) is 5.05. The van der Waals surface area contributed by atoms with Crippen molar-refractivity contribution in [3.8, 4) is 0 Å². The topological polar surface area (TPSA) is 37.4 Å². The van der Waals surface area contributed by atoms with E-state index in [9.17, 15) is 9.59 Å². The summed E-state index contributed by atoms with van der Waals surface area (Å²) in [5.74, 6) is 0.118. The second kappa shape index (κ2) is 13.8. The number of hydrogen-bond acceptors (Lipinski definition) is 3. The minimum absolute atomic E-state index is 0.118. The molecule has 3 aromatic carbocycles. The number of carbonyl (C=O) groups excluding carboxylic acids is 2. The number of carbonyl (C=O) groups is 2. The van der Waals surface area contributed by atoms with Gasteiger partial charge in [0.05, 0.1) is 6.04 Å². The van der Waals surface area contributed by atoms with Crippen LogP contribution in [0.2, 0.25) is 0 Å². The molecule has 0 unspecified atom stereocenters. The van der Waals surface area contributed by atoms with Crippen molar-refractivity contribution in [1.29, 1.82) is 0 Å². The second-order valence-electron chi connectivity index (χ2n) is 7.25. The molecule has 0 aromatic heterocycles. The van der Waals surface area contributed by atoms with E-state index in [1.165, 1.54) is 11.1 Å². The molecule has 31 heavy (non-hydrogen) atoms. The molecule has 3 heteroatoms. The monoisotopic (exact) mass is 413 g/mol.